The van der Waals surface area contributed by atoms with E-state index in [2.05, 4.69) is 46.9 Å². The van der Waals surface area contributed by atoms with Gasteiger partial charge in [-0.2, -0.15) is 0 Å². The molecule has 3 N–H and O–H groups in total. The number of carbonyl (C=O) groups is 1. The Morgan fingerprint density at radius 2 is 1.83 bits per heavy atom. The quantitative estimate of drug-likeness (QED) is 0.506. The van der Waals surface area contributed by atoms with Crippen LogP contribution >= 0.6 is 0 Å². The number of hydrogen-bond donors (Lipinski definition) is 2. The summed E-state index contributed by atoms with van der Waals surface area (Å²) in [5, 5.41) is 3.99. The third-order valence-electron chi connectivity index (χ3n) is 5.19. The molecule has 4 aromatic rings. The van der Waals surface area contributed by atoms with E-state index >= 15 is 0 Å². The van der Waals surface area contributed by atoms with Gasteiger partial charge in [0.1, 0.15) is 5.69 Å². The zero-order chi connectivity index (χ0) is 20.4. The molecule has 2 aromatic heterocycles. The molecule has 5 heteroatoms. The summed E-state index contributed by atoms with van der Waals surface area (Å²) in [5.74, 6) is -0.109. The lowest BCUT2D eigenvalue weighted by Gasteiger charge is -2.14. The van der Waals surface area contributed by atoms with Crippen molar-refractivity contribution in [3.8, 4) is 0 Å². The Bertz CT molecular complexity index is 1180. The molecule has 1 amide bonds. The summed E-state index contributed by atoms with van der Waals surface area (Å²) in [6.07, 6.45) is 3.45. The molecule has 0 radical (unpaired) electrons. The molecule has 0 aliphatic rings. The van der Waals surface area contributed by atoms with Crippen molar-refractivity contribution in [2.75, 3.05) is 5.73 Å². The number of fused-ring (bicyclic) bond motifs is 1. The van der Waals surface area contributed by atoms with Gasteiger partial charge >= 0.3 is 0 Å². The Morgan fingerprint density at radius 3 is 2.62 bits per heavy atom. The SMILES string of the molecule is Cc1ccc(C)c(Cn2c(C(=O)NCc3ccncc3)cc3cc(N)ccc32)c1. The Morgan fingerprint density at radius 1 is 1.03 bits per heavy atom. The number of nitrogen functional groups attached to an aromatic ring is 1. The number of carbonyl (C=O) groups excluding carboxylic acids is 1. The van der Waals surface area contributed by atoms with E-state index in [0.29, 0.717) is 24.5 Å². The lowest BCUT2D eigenvalue weighted by atomic mass is 10.1. The molecule has 0 bridgehead atoms. The van der Waals surface area contributed by atoms with Crippen LogP contribution in [0.15, 0.2) is 67.0 Å². The third-order valence-corrected chi connectivity index (χ3v) is 5.19. The van der Waals surface area contributed by atoms with Crippen LogP contribution in [0.2, 0.25) is 0 Å². The van der Waals surface area contributed by atoms with Crippen LogP contribution in [0.3, 0.4) is 0 Å². The number of pyridine rings is 1. The Balaban J connectivity index is 1.71. The summed E-state index contributed by atoms with van der Waals surface area (Å²) in [6, 6.07) is 17.9. The first-order valence-electron chi connectivity index (χ1n) is 9.63. The molecular weight excluding hydrogens is 360 g/mol. The highest BCUT2D eigenvalue weighted by Gasteiger charge is 2.17. The molecule has 0 saturated carbocycles. The van der Waals surface area contributed by atoms with Crippen LogP contribution in [-0.4, -0.2) is 15.5 Å². The minimum Gasteiger partial charge on any atom is -0.399 e. The number of nitrogens with two attached hydrogens (primary N) is 1. The van der Waals surface area contributed by atoms with Crippen molar-refractivity contribution in [1.82, 2.24) is 14.9 Å². The highest BCUT2D eigenvalue weighted by atomic mass is 16.1. The number of nitrogens with one attached hydrogen (secondary N) is 1. The van der Waals surface area contributed by atoms with Crippen molar-refractivity contribution < 1.29 is 4.79 Å². The highest BCUT2D eigenvalue weighted by molar-refractivity contribution is 5.99. The van der Waals surface area contributed by atoms with Gasteiger partial charge in [-0.15, -0.1) is 0 Å². The van der Waals surface area contributed by atoms with Gasteiger partial charge < -0.3 is 15.6 Å². The van der Waals surface area contributed by atoms with Crippen molar-refractivity contribution in [2.45, 2.75) is 26.9 Å². The monoisotopic (exact) mass is 384 g/mol. The van der Waals surface area contributed by atoms with Gasteiger partial charge in [-0.05, 0) is 66.9 Å². The zero-order valence-electron chi connectivity index (χ0n) is 16.6. The molecular formula is C24H24N4O. The molecule has 0 spiro atoms. The summed E-state index contributed by atoms with van der Waals surface area (Å²) >= 11 is 0. The lowest BCUT2D eigenvalue weighted by Crippen LogP contribution is -2.25. The van der Waals surface area contributed by atoms with Crippen LogP contribution in [-0.2, 0) is 13.1 Å². The Hall–Kier alpha value is -3.60. The first kappa shape index (κ1) is 18.7. The minimum atomic E-state index is -0.109. The fourth-order valence-electron chi connectivity index (χ4n) is 3.56. The molecule has 5 nitrogen and oxygen atoms in total. The van der Waals surface area contributed by atoms with Crippen molar-refractivity contribution in [1.29, 1.82) is 0 Å². The van der Waals surface area contributed by atoms with E-state index in [1.807, 2.05) is 36.4 Å². The van der Waals surface area contributed by atoms with Gasteiger partial charge in [-0.3, -0.25) is 9.78 Å². The second-order valence-corrected chi connectivity index (χ2v) is 7.40. The van der Waals surface area contributed by atoms with Gasteiger partial charge in [0.05, 0.1) is 0 Å². The number of anilines is 1. The smallest absolute Gasteiger partial charge is 0.268 e. The largest absolute Gasteiger partial charge is 0.399 e. The van der Waals surface area contributed by atoms with Gasteiger partial charge in [0.25, 0.3) is 5.91 Å². The molecule has 2 aromatic carbocycles. The van der Waals surface area contributed by atoms with Crippen molar-refractivity contribution >= 4 is 22.5 Å². The summed E-state index contributed by atoms with van der Waals surface area (Å²) < 4.78 is 2.07. The summed E-state index contributed by atoms with van der Waals surface area (Å²) in [4.78, 5) is 17.1. The van der Waals surface area contributed by atoms with Crippen LogP contribution in [0.4, 0.5) is 5.69 Å². The molecule has 0 atom stereocenters. The minimum absolute atomic E-state index is 0.109. The van der Waals surface area contributed by atoms with E-state index in [-0.39, 0.29) is 5.91 Å². The molecule has 0 aliphatic carbocycles. The van der Waals surface area contributed by atoms with Crippen molar-refractivity contribution in [3.63, 3.8) is 0 Å². The molecule has 0 aliphatic heterocycles. The first-order chi connectivity index (χ1) is 14.0. The second-order valence-electron chi connectivity index (χ2n) is 7.40. The number of rotatable bonds is 5. The van der Waals surface area contributed by atoms with Crippen LogP contribution in [0.25, 0.3) is 10.9 Å². The molecule has 29 heavy (non-hydrogen) atoms. The van der Waals surface area contributed by atoms with E-state index < -0.39 is 0 Å². The topological polar surface area (TPSA) is 72.9 Å². The number of nitrogens with zero attached hydrogens (tertiary/aromatic N) is 2. The van der Waals surface area contributed by atoms with E-state index in [4.69, 9.17) is 5.73 Å². The van der Waals surface area contributed by atoms with Gasteiger partial charge in [0, 0.05) is 42.1 Å². The number of benzene rings is 2. The maximum absolute atomic E-state index is 13.1. The Labute approximate surface area is 170 Å². The maximum Gasteiger partial charge on any atom is 0.268 e. The summed E-state index contributed by atoms with van der Waals surface area (Å²) in [6.45, 7) is 5.26. The van der Waals surface area contributed by atoms with Crippen LogP contribution in [0.5, 0.6) is 0 Å². The van der Waals surface area contributed by atoms with Gasteiger partial charge in [0.2, 0.25) is 0 Å². The fourth-order valence-corrected chi connectivity index (χ4v) is 3.56. The third kappa shape index (κ3) is 3.99. The number of aromatic nitrogens is 2. The Kier molecular flexibility index (Phi) is 5.04. The van der Waals surface area contributed by atoms with Crippen molar-refractivity contribution in [2.24, 2.45) is 0 Å². The average Bonchev–Trinajstić information content (AvgIpc) is 3.07. The number of aryl methyl sites for hydroxylation is 2. The van der Waals surface area contributed by atoms with Crippen LogP contribution in [0, 0.1) is 13.8 Å². The fraction of sp³-hybridized carbons (Fsp3) is 0.167. The van der Waals surface area contributed by atoms with Crippen LogP contribution in [0.1, 0.15) is 32.7 Å². The standard InChI is InChI=1S/C24H24N4O/c1-16-3-4-17(2)20(11-16)15-28-22-6-5-21(25)12-19(22)13-23(28)24(29)27-14-18-7-9-26-10-8-18/h3-13H,14-15,25H2,1-2H3,(H,27,29). The molecule has 0 saturated heterocycles. The molecule has 146 valence electrons. The molecule has 2 heterocycles. The van der Waals surface area contributed by atoms with Crippen LogP contribution < -0.4 is 11.1 Å². The van der Waals surface area contributed by atoms with Gasteiger partial charge in [-0.25, -0.2) is 0 Å². The second kappa shape index (κ2) is 7.80. The first-order valence-corrected chi connectivity index (χ1v) is 9.63. The predicted octanol–water partition coefficient (Wildman–Crippen LogP) is 4.21. The molecule has 0 unspecified atom stereocenters. The predicted molar refractivity (Wildman–Crippen MR) is 117 cm³/mol. The maximum atomic E-state index is 13.1. The van der Waals surface area contributed by atoms with E-state index in [1.165, 1.54) is 16.7 Å². The molecule has 0 fully saturated rings. The van der Waals surface area contributed by atoms with E-state index in [1.54, 1.807) is 12.4 Å². The highest BCUT2D eigenvalue weighted by Crippen LogP contribution is 2.25. The summed E-state index contributed by atoms with van der Waals surface area (Å²) in [5.41, 5.74) is 12.9. The van der Waals surface area contributed by atoms with Crippen molar-refractivity contribution in [3.05, 3.63) is 94.9 Å². The number of hydrogen-bond acceptors (Lipinski definition) is 3. The number of amides is 1. The lowest BCUT2D eigenvalue weighted by molar-refractivity contribution is 0.0942. The molecule has 4 rings (SSSR count). The average molecular weight is 384 g/mol. The van der Waals surface area contributed by atoms with E-state index in [9.17, 15) is 4.79 Å². The summed E-state index contributed by atoms with van der Waals surface area (Å²) in [7, 11) is 0. The van der Waals surface area contributed by atoms with Gasteiger partial charge in [0.15, 0.2) is 0 Å². The zero-order valence-corrected chi connectivity index (χ0v) is 16.6. The van der Waals surface area contributed by atoms with Gasteiger partial charge in [-0.1, -0.05) is 23.8 Å². The van der Waals surface area contributed by atoms with E-state index in [0.717, 1.165) is 16.5 Å². The normalized spacial score (nSPS) is 11.0.